The van der Waals surface area contributed by atoms with Crippen LogP contribution in [0.15, 0.2) is 42.5 Å². The molecule has 0 saturated heterocycles. The topological polar surface area (TPSA) is 41.1 Å². The minimum Gasteiger partial charge on any atom is -0.384 e. The Balaban J connectivity index is 1.76. The van der Waals surface area contributed by atoms with Crippen molar-refractivity contribution in [1.82, 2.24) is 5.32 Å². The lowest BCUT2D eigenvalue weighted by Gasteiger charge is -2.17. The minimum atomic E-state index is -0.0257. The van der Waals surface area contributed by atoms with Crippen molar-refractivity contribution in [3.63, 3.8) is 0 Å². The number of amides is 1. The quantitative estimate of drug-likeness (QED) is 0.904. The van der Waals surface area contributed by atoms with Crippen LogP contribution >= 0.6 is 0 Å². The number of anilines is 1. The van der Waals surface area contributed by atoms with Crippen LogP contribution in [0.1, 0.15) is 40.0 Å². The van der Waals surface area contributed by atoms with Gasteiger partial charge in [0, 0.05) is 17.8 Å². The average molecular weight is 280 g/mol. The van der Waals surface area contributed by atoms with E-state index in [0.717, 1.165) is 24.2 Å². The predicted molar refractivity (Wildman–Crippen MR) is 85.7 cm³/mol. The molecule has 21 heavy (non-hydrogen) atoms. The van der Waals surface area contributed by atoms with Gasteiger partial charge in [-0.15, -0.1) is 0 Å². The van der Waals surface area contributed by atoms with Gasteiger partial charge in [0.25, 0.3) is 5.91 Å². The molecule has 0 radical (unpaired) electrons. The zero-order valence-electron chi connectivity index (χ0n) is 12.4. The lowest BCUT2D eigenvalue weighted by Crippen LogP contribution is -2.27. The number of hydrogen-bond acceptors (Lipinski definition) is 2. The maximum atomic E-state index is 12.4. The van der Waals surface area contributed by atoms with E-state index >= 15 is 0 Å². The number of aryl methyl sites for hydroxylation is 1. The van der Waals surface area contributed by atoms with E-state index < -0.39 is 0 Å². The molecule has 1 aliphatic heterocycles. The van der Waals surface area contributed by atoms with E-state index in [1.807, 2.05) is 37.3 Å². The highest BCUT2D eigenvalue weighted by Crippen LogP contribution is 2.24. The van der Waals surface area contributed by atoms with Crippen LogP contribution < -0.4 is 10.6 Å². The highest BCUT2D eigenvalue weighted by molar-refractivity contribution is 5.95. The minimum absolute atomic E-state index is 0.0000798. The summed E-state index contributed by atoms with van der Waals surface area (Å²) in [5.41, 5.74) is 5.44. The van der Waals surface area contributed by atoms with Gasteiger partial charge in [0.15, 0.2) is 0 Å². The Morgan fingerprint density at radius 1 is 1.24 bits per heavy atom. The molecule has 3 heteroatoms. The van der Waals surface area contributed by atoms with E-state index in [0.29, 0.717) is 5.56 Å². The van der Waals surface area contributed by atoms with Gasteiger partial charge in [-0.05, 0) is 49.1 Å². The van der Waals surface area contributed by atoms with Gasteiger partial charge >= 0.3 is 0 Å². The predicted octanol–water partition coefficient (Wildman–Crippen LogP) is 3.45. The van der Waals surface area contributed by atoms with Gasteiger partial charge in [-0.1, -0.05) is 30.3 Å². The normalized spacial score (nSPS) is 14.2. The molecule has 2 aromatic carbocycles. The third-order valence-electron chi connectivity index (χ3n) is 4.08. The highest BCUT2D eigenvalue weighted by atomic mass is 16.1. The number of fused-ring (bicyclic) bond motifs is 1. The molecule has 1 amide bonds. The van der Waals surface area contributed by atoms with Crippen molar-refractivity contribution in [2.45, 2.75) is 26.3 Å². The third kappa shape index (κ3) is 2.77. The van der Waals surface area contributed by atoms with E-state index in [9.17, 15) is 4.79 Å². The van der Waals surface area contributed by atoms with E-state index in [2.05, 4.69) is 29.7 Å². The molecule has 0 aromatic heterocycles. The Labute approximate surface area is 125 Å². The standard InChI is InChI=1S/C18H20N2O/c1-12-5-3-4-6-16(12)13(2)20-18(21)15-8-7-14-9-10-19-17(14)11-15/h3-8,11,13,19H,9-10H2,1-2H3,(H,20,21)/t13-/m1/s1. The zero-order chi connectivity index (χ0) is 14.8. The van der Waals surface area contributed by atoms with Crippen LogP contribution in [-0.2, 0) is 6.42 Å². The van der Waals surface area contributed by atoms with Crippen molar-refractivity contribution in [1.29, 1.82) is 0 Å². The molecule has 0 spiro atoms. The monoisotopic (exact) mass is 280 g/mol. The van der Waals surface area contributed by atoms with E-state index in [4.69, 9.17) is 0 Å². The molecular weight excluding hydrogens is 260 g/mol. The molecule has 2 N–H and O–H groups in total. The summed E-state index contributed by atoms with van der Waals surface area (Å²) in [6.07, 6.45) is 1.04. The van der Waals surface area contributed by atoms with Crippen molar-refractivity contribution < 1.29 is 4.79 Å². The Kier molecular flexibility index (Phi) is 3.65. The van der Waals surface area contributed by atoms with Gasteiger partial charge in [-0.2, -0.15) is 0 Å². The smallest absolute Gasteiger partial charge is 0.251 e. The zero-order valence-corrected chi connectivity index (χ0v) is 12.4. The highest BCUT2D eigenvalue weighted by Gasteiger charge is 2.16. The summed E-state index contributed by atoms with van der Waals surface area (Å²) < 4.78 is 0. The Hall–Kier alpha value is -2.29. The molecule has 3 nitrogen and oxygen atoms in total. The van der Waals surface area contributed by atoms with Crippen LogP contribution in [0, 0.1) is 6.92 Å². The summed E-state index contributed by atoms with van der Waals surface area (Å²) in [5, 5.41) is 6.39. The van der Waals surface area contributed by atoms with Crippen molar-refractivity contribution >= 4 is 11.6 Å². The van der Waals surface area contributed by atoms with Crippen LogP contribution in [0.5, 0.6) is 0 Å². The Bertz CT molecular complexity index is 679. The van der Waals surface area contributed by atoms with Gasteiger partial charge in [0.05, 0.1) is 6.04 Å². The van der Waals surface area contributed by atoms with Crippen LogP contribution in [0.25, 0.3) is 0 Å². The molecule has 1 aliphatic rings. The van der Waals surface area contributed by atoms with Gasteiger partial charge in [0.2, 0.25) is 0 Å². The Morgan fingerprint density at radius 2 is 2.05 bits per heavy atom. The van der Waals surface area contributed by atoms with E-state index in [-0.39, 0.29) is 11.9 Å². The largest absolute Gasteiger partial charge is 0.384 e. The van der Waals surface area contributed by atoms with Crippen molar-refractivity contribution in [2.24, 2.45) is 0 Å². The van der Waals surface area contributed by atoms with Crippen LogP contribution in [0.4, 0.5) is 5.69 Å². The number of nitrogens with one attached hydrogen (secondary N) is 2. The summed E-state index contributed by atoms with van der Waals surface area (Å²) in [7, 11) is 0. The molecule has 3 rings (SSSR count). The maximum absolute atomic E-state index is 12.4. The fourth-order valence-electron chi connectivity index (χ4n) is 2.86. The fraction of sp³-hybridized carbons (Fsp3) is 0.278. The van der Waals surface area contributed by atoms with Crippen LogP contribution in [0.3, 0.4) is 0 Å². The van der Waals surface area contributed by atoms with Crippen molar-refractivity contribution in [3.8, 4) is 0 Å². The lowest BCUT2D eigenvalue weighted by atomic mass is 10.0. The summed E-state index contributed by atoms with van der Waals surface area (Å²) in [6.45, 7) is 5.04. The van der Waals surface area contributed by atoms with E-state index in [1.165, 1.54) is 11.1 Å². The number of rotatable bonds is 3. The third-order valence-corrected chi connectivity index (χ3v) is 4.08. The van der Waals surface area contributed by atoms with E-state index in [1.54, 1.807) is 0 Å². The lowest BCUT2D eigenvalue weighted by molar-refractivity contribution is 0.0940. The summed E-state index contributed by atoms with van der Waals surface area (Å²) in [6, 6.07) is 14.0. The van der Waals surface area contributed by atoms with Crippen LogP contribution in [-0.4, -0.2) is 12.5 Å². The first-order valence-electron chi connectivity index (χ1n) is 7.38. The van der Waals surface area contributed by atoms with Gasteiger partial charge < -0.3 is 10.6 Å². The molecule has 2 aromatic rings. The maximum Gasteiger partial charge on any atom is 0.251 e. The second-order valence-corrected chi connectivity index (χ2v) is 5.60. The number of carbonyl (C=O) groups excluding carboxylic acids is 1. The molecule has 0 bridgehead atoms. The number of hydrogen-bond donors (Lipinski definition) is 2. The average Bonchev–Trinajstić information content (AvgIpc) is 2.94. The SMILES string of the molecule is Cc1ccccc1[C@@H](C)NC(=O)c1ccc2c(c1)NCC2. The summed E-state index contributed by atoms with van der Waals surface area (Å²) >= 11 is 0. The first kappa shape index (κ1) is 13.7. The van der Waals surface area contributed by atoms with Crippen molar-refractivity contribution in [2.75, 3.05) is 11.9 Å². The molecule has 108 valence electrons. The molecule has 1 atom stereocenters. The first-order chi connectivity index (χ1) is 10.1. The van der Waals surface area contributed by atoms with Gasteiger partial charge in [-0.3, -0.25) is 4.79 Å². The molecule has 0 aliphatic carbocycles. The molecular formula is C18H20N2O. The second-order valence-electron chi connectivity index (χ2n) is 5.60. The molecule has 1 heterocycles. The molecule has 0 fully saturated rings. The van der Waals surface area contributed by atoms with Gasteiger partial charge in [0.1, 0.15) is 0 Å². The first-order valence-corrected chi connectivity index (χ1v) is 7.38. The summed E-state index contributed by atoms with van der Waals surface area (Å²) in [4.78, 5) is 12.4. The Morgan fingerprint density at radius 3 is 2.86 bits per heavy atom. The second kappa shape index (κ2) is 5.60. The summed E-state index contributed by atoms with van der Waals surface area (Å²) in [5.74, 6) is -0.0257. The fourth-order valence-corrected chi connectivity index (χ4v) is 2.86. The van der Waals surface area contributed by atoms with Gasteiger partial charge in [-0.25, -0.2) is 0 Å². The van der Waals surface area contributed by atoms with Crippen LogP contribution in [0.2, 0.25) is 0 Å². The number of carbonyl (C=O) groups is 1. The number of benzene rings is 2. The molecule has 0 saturated carbocycles. The molecule has 0 unspecified atom stereocenters. The van der Waals surface area contributed by atoms with Crippen molar-refractivity contribution in [3.05, 3.63) is 64.7 Å².